The Morgan fingerprint density at radius 1 is 1.35 bits per heavy atom. The molecule has 0 heterocycles. The third-order valence-electron chi connectivity index (χ3n) is 2.05. The van der Waals surface area contributed by atoms with Crippen LogP contribution in [0.5, 0.6) is 5.75 Å². The number of carbonyl (C=O) groups excluding carboxylic acids is 1. The highest BCUT2D eigenvalue weighted by molar-refractivity contribution is 5.76. The molecule has 0 amide bonds. The van der Waals surface area contributed by atoms with Crippen LogP contribution in [0.4, 0.5) is 20.2 Å². The van der Waals surface area contributed by atoms with E-state index in [1.165, 1.54) is 19.2 Å². The number of alkyl halides is 2. The topological polar surface area (TPSA) is 87.6 Å². The number of ether oxygens (including phenoxy) is 2. The Balaban J connectivity index is 3.01. The van der Waals surface area contributed by atoms with Gasteiger partial charge < -0.3 is 20.9 Å². The van der Waals surface area contributed by atoms with Gasteiger partial charge in [-0.15, -0.1) is 0 Å². The van der Waals surface area contributed by atoms with Crippen LogP contribution in [0.15, 0.2) is 12.1 Å². The minimum absolute atomic E-state index is 0.0172. The maximum atomic E-state index is 12.1. The van der Waals surface area contributed by atoms with E-state index in [1.807, 2.05) is 0 Å². The molecular formula is C10H12F2N2O3. The van der Waals surface area contributed by atoms with E-state index in [0.29, 0.717) is 5.56 Å². The third-order valence-corrected chi connectivity index (χ3v) is 2.05. The molecule has 0 aliphatic carbocycles. The molecule has 4 N–H and O–H groups in total. The summed E-state index contributed by atoms with van der Waals surface area (Å²) in [6.07, 6.45) is -0.137. The standard InChI is InChI=1S/C10H12F2N2O3/c1-16-9(15)3-5-2-8(17-10(11)12)7(14)4-6(5)13/h2,4,10H,3,13-14H2,1H3. The number of nitrogen functional groups attached to an aromatic ring is 2. The molecule has 17 heavy (non-hydrogen) atoms. The summed E-state index contributed by atoms with van der Waals surface area (Å²) in [5.74, 6) is -0.752. The van der Waals surface area contributed by atoms with E-state index in [-0.39, 0.29) is 23.5 Å². The number of esters is 1. The quantitative estimate of drug-likeness (QED) is 0.615. The van der Waals surface area contributed by atoms with E-state index < -0.39 is 12.6 Å². The number of anilines is 2. The number of hydrogen-bond donors (Lipinski definition) is 2. The van der Waals surface area contributed by atoms with Gasteiger partial charge in [0.2, 0.25) is 0 Å². The summed E-state index contributed by atoms with van der Waals surface area (Å²) < 4.78 is 32.8. The van der Waals surface area contributed by atoms with Crippen LogP contribution in [0.2, 0.25) is 0 Å². The molecule has 0 atom stereocenters. The van der Waals surface area contributed by atoms with Gasteiger partial charge in [-0.3, -0.25) is 4.79 Å². The average Bonchev–Trinajstić information content (AvgIpc) is 2.24. The van der Waals surface area contributed by atoms with Crippen molar-refractivity contribution in [3.8, 4) is 5.75 Å². The number of carbonyl (C=O) groups is 1. The largest absolute Gasteiger partial charge is 0.469 e. The lowest BCUT2D eigenvalue weighted by atomic mass is 10.1. The zero-order valence-electron chi connectivity index (χ0n) is 9.07. The van der Waals surface area contributed by atoms with E-state index in [1.54, 1.807) is 0 Å². The first-order valence-corrected chi connectivity index (χ1v) is 4.63. The number of rotatable bonds is 4. The first kappa shape index (κ1) is 13.0. The van der Waals surface area contributed by atoms with Crippen LogP contribution >= 0.6 is 0 Å². The zero-order valence-corrected chi connectivity index (χ0v) is 9.07. The predicted octanol–water partition coefficient (Wildman–Crippen LogP) is 1.17. The summed E-state index contributed by atoms with van der Waals surface area (Å²) in [6.45, 7) is -2.99. The highest BCUT2D eigenvalue weighted by Crippen LogP contribution is 2.29. The van der Waals surface area contributed by atoms with E-state index in [2.05, 4.69) is 9.47 Å². The van der Waals surface area contributed by atoms with Gasteiger partial charge in [-0.25, -0.2) is 0 Å². The van der Waals surface area contributed by atoms with E-state index in [9.17, 15) is 13.6 Å². The van der Waals surface area contributed by atoms with Crippen LogP contribution in [0, 0.1) is 0 Å². The second kappa shape index (κ2) is 5.33. The number of benzene rings is 1. The Labute approximate surface area is 96.3 Å². The molecule has 0 saturated carbocycles. The number of methoxy groups -OCH3 is 1. The summed E-state index contributed by atoms with van der Waals surface area (Å²) in [6, 6.07) is 2.46. The fraction of sp³-hybridized carbons (Fsp3) is 0.300. The molecule has 0 aliphatic heterocycles. The van der Waals surface area contributed by atoms with Gasteiger partial charge in [-0.2, -0.15) is 8.78 Å². The van der Waals surface area contributed by atoms with Crippen LogP contribution in [0.25, 0.3) is 0 Å². The van der Waals surface area contributed by atoms with E-state index in [0.717, 1.165) is 0 Å². The highest BCUT2D eigenvalue weighted by atomic mass is 19.3. The van der Waals surface area contributed by atoms with Crippen molar-refractivity contribution < 1.29 is 23.0 Å². The van der Waals surface area contributed by atoms with Crippen molar-refractivity contribution >= 4 is 17.3 Å². The van der Waals surface area contributed by atoms with Crippen LogP contribution < -0.4 is 16.2 Å². The van der Waals surface area contributed by atoms with Crippen molar-refractivity contribution in [1.29, 1.82) is 0 Å². The van der Waals surface area contributed by atoms with Crippen molar-refractivity contribution in [3.63, 3.8) is 0 Å². The zero-order chi connectivity index (χ0) is 13.0. The summed E-state index contributed by atoms with van der Waals surface area (Å²) in [5, 5.41) is 0. The van der Waals surface area contributed by atoms with Crippen LogP contribution in [0.3, 0.4) is 0 Å². The molecule has 0 fully saturated rings. The molecule has 0 radical (unpaired) electrons. The fourth-order valence-corrected chi connectivity index (χ4v) is 1.24. The first-order valence-electron chi connectivity index (χ1n) is 4.63. The third kappa shape index (κ3) is 3.47. The van der Waals surface area contributed by atoms with Gasteiger partial charge in [0.25, 0.3) is 0 Å². The van der Waals surface area contributed by atoms with Crippen LogP contribution in [0.1, 0.15) is 5.56 Å². The lowest BCUT2D eigenvalue weighted by Gasteiger charge is -2.11. The molecule has 0 aromatic heterocycles. The SMILES string of the molecule is COC(=O)Cc1cc(OC(F)F)c(N)cc1N. The lowest BCUT2D eigenvalue weighted by molar-refractivity contribution is -0.139. The van der Waals surface area contributed by atoms with Gasteiger partial charge in [-0.05, 0) is 17.7 Å². The molecule has 0 saturated heterocycles. The van der Waals surface area contributed by atoms with Gasteiger partial charge in [-0.1, -0.05) is 0 Å². The Hall–Kier alpha value is -2.05. The van der Waals surface area contributed by atoms with Gasteiger partial charge in [0, 0.05) is 5.69 Å². The monoisotopic (exact) mass is 246 g/mol. The molecule has 0 spiro atoms. The second-order valence-corrected chi connectivity index (χ2v) is 3.22. The predicted molar refractivity (Wildman–Crippen MR) is 57.6 cm³/mol. The van der Waals surface area contributed by atoms with Crippen molar-refractivity contribution in [2.24, 2.45) is 0 Å². The molecule has 94 valence electrons. The highest BCUT2D eigenvalue weighted by Gasteiger charge is 2.13. The smallest absolute Gasteiger partial charge is 0.387 e. The van der Waals surface area contributed by atoms with E-state index in [4.69, 9.17) is 11.5 Å². The first-order chi connectivity index (χ1) is 7.93. The molecule has 5 nitrogen and oxygen atoms in total. The summed E-state index contributed by atoms with van der Waals surface area (Å²) in [7, 11) is 1.21. The van der Waals surface area contributed by atoms with E-state index >= 15 is 0 Å². The molecule has 7 heteroatoms. The number of halogens is 2. The maximum Gasteiger partial charge on any atom is 0.387 e. The van der Waals surface area contributed by atoms with Crippen molar-refractivity contribution in [3.05, 3.63) is 17.7 Å². The molecule has 1 aromatic carbocycles. The Bertz CT molecular complexity index is 424. The normalized spacial score (nSPS) is 10.4. The Kier molecular flexibility index (Phi) is 4.08. The molecule has 1 aromatic rings. The van der Waals surface area contributed by atoms with Gasteiger partial charge in [0.05, 0.1) is 19.2 Å². The molecule has 0 aliphatic rings. The van der Waals surface area contributed by atoms with Crippen molar-refractivity contribution in [2.45, 2.75) is 13.0 Å². The summed E-state index contributed by atoms with van der Waals surface area (Å²) >= 11 is 0. The number of hydrogen-bond acceptors (Lipinski definition) is 5. The Morgan fingerprint density at radius 3 is 2.53 bits per heavy atom. The second-order valence-electron chi connectivity index (χ2n) is 3.22. The Morgan fingerprint density at radius 2 is 2.00 bits per heavy atom. The van der Waals surface area contributed by atoms with Crippen molar-refractivity contribution in [2.75, 3.05) is 18.6 Å². The molecule has 0 bridgehead atoms. The van der Waals surface area contributed by atoms with Gasteiger partial charge >= 0.3 is 12.6 Å². The van der Waals surface area contributed by atoms with Gasteiger partial charge in [0.1, 0.15) is 5.75 Å². The van der Waals surface area contributed by atoms with Crippen molar-refractivity contribution in [1.82, 2.24) is 0 Å². The van der Waals surface area contributed by atoms with Gasteiger partial charge in [0.15, 0.2) is 0 Å². The average molecular weight is 246 g/mol. The summed E-state index contributed by atoms with van der Waals surface area (Å²) in [4.78, 5) is 11.1. The lowest BCUT2D eigenvalue weighted by Crippen LogP contribution is -2.10. The molecular weight excluding hydrogens is 234 g/mol. The molecule has 0 unspecified atom stereocenters. The summed E-state index contributed by atoms with van der Waals surface area (Å²) in [5.41, 5.74) is 11.6. The number of nitrogens with two attached hydrogens (primary N) is 2. The van der Waals surface area contributed by atoms with Crippen LogP contribution in [-0.2, 0) is 16.0 Å². The maximum absolute atomic E-state index is 12.1. The minimum atomic E-state index is -2.99. The fourth-order valence-electron chi connectivity index (χ4n) is 1.24. The molecule has 1 rings (SSSR count). The van der Waals surface area contributed by atoms with Crippen LogP contribution in [-0.4, -0.2) is 19.7 Å². The minimum Gasteiger partial charge on any atom is -0.469 e.